The minimum Gasteiger partial charge on any atom is -0.489 e. The summed E-state index contributed by atoms with van der Waals surface area (Å²) in [7, 11) is 2.21. The average molecular weight is 460 g/mol. The van der Waals surface area contributed by atoms with Crippen LogP contribution in [0.3, 0.4) is 0 Å². The number of carbonyl (C=O) groups is 1. The fourth-order valence-electron chi connectivity index (χ4n) is 4.53. The van der Waals surface area contributed by atoms with Gasteiger partial charge in [-0.2, -0.15) is 0 Å². The Kier molecular flexibility index (Phi) is 8.31. The summed E-state index contributed by atoms with van der Waals surface area (Å²) in [6, 6.07) is 22.1. The van der Waals surface area contributed by atoms with E-state index in [1.165, 1.54) is 19.4 Å². The molecule has 1 aliphatic heterocycles. The first kappa shape index (κ1) is 24.0. The summed E-state index contributed by atoms with van der Waals surface area (Å²) in [5, 5.41) is 14.7. The van der Waals surface area contributed by atoms with Crippen LogP contribution in [0.15, 0.2) is 72.3 Å². The summed E-state index contributed by atoms with van der Waals surface area (Å²) >= 11 is 0. The molecular formula is C28H33N3O3. The van der Waals surface area contributed by atoms with Gasteiger partial charge in [0, 0.05) is 23.5 Å². The SMILES string of the molecule is CN1CCCC1CCNC/C(=C\c1ccc(C(=O)NO)cc1)COc1cccc2ccccc12. The van der Waals surface area contributed by atoms with E-state index in [1.54, 1.807) is 17.6 Å². The number of likely N-dealkylation sites (tertiary alicyclic amines) is 1. The molecule has 34 heavy (non-hydrogen) atoms. The number of ether oxygens (including phenoxy) is 1. The van der Waals surface area contributed by atoms with Gasteiger partial charge in [-0.1, -0.05) is 54.6 Å². The minimum absolute atomic E-state index is 0.409. The normalized spacial score (nSPS) is 16.6. The topological polar surface area (TPSA) is 73.8 Å². The van der Waals surface area contributed by atoms with Crippen LogP contribution in [0, 0.1) is 0 Å². The van der Waals surface area contributed by atoms with E-state index in [4.69, 9.17) is 9.94 Å². The highest BCUT2D eigenvalue weighted by atomic mass is 16.5. The molecule has 3 aromatic rings. The Bertz CT molecular complexity index is 1120. The Morgan fingerprint density at radius 2 is 1.91 bits per heavy atom. The van der Waals surface area contributed by atoms with Crippen LogP contribution in [-0.4, -0.2) is 55.3 Å². The van der Waals surface area contributed by atoms with Gasteiger partial charge < -0.3 is 15.0 Å². The van der Waals surface area contributed by atoms with E-state index in [0.717, 1.165) is 47.2 Å². The van der Waals surface area contributed by atoms with E-state index in [9.17, 15) is 4.79 Å². The lowest BCUT2D eigenvalue weighted by molar-refractivity contribution is 0.0706. The summed E-state index contributed by atoms with van der Waals surface area (Å²) in [6.07, 6.45) is 5.80. The van der Waals surface area contributed by atoms with Crippen LogP contribution in [0.2, 0.25) is 0 Å². The first-order valence-corrected chi connectivity index (χ1v) is 11.9. The predicted octanol–water partition coefficient (Wildman–Crippen LogP) is 4.50. The first-order chi connectivity index (χ1) is 16.6. The molecule has 1 unspecified atom stereocenters. The molecule has 3 N–H and O–H groups in total. The quantitative estimate of drug-likeness (QED) is 0.237. The van der Waals surface area contributed by atoms with Crippen molar-refractivity contribution in [3.05, 3.63) is 83.4 Å². The molecule has 6 nitrogen and oxygen atoms in total. The third-order valence-electron chi connectivity index (χ3n) is 6.49. The second kappa shape index (κ2) is 11.8. The maximum Gasteiger partial charge on any atom is 0.274 e. The van der Waals surface area contributed by atoms with Crippen LogP contribution in [0.1, 0.15) is 35.2 Å². The van der Waals surface area contributed by atoms with Crippen molar-refractivity contribution in [2.45, 2.75) is 25.3 Å². The molecule has 0 radical (unpaired) electrons. The van der Waals surface area contributed by atoms with Gasteiger partial charge in [-0.25, -0.2) is 5.48 Å². The third kappa shape index (κ3) is 6.23. The number of carbonyl (C=O) groups excluding carboxylic acids is 1. The van der Waals surface area contributed by atoms with Gasteiger partial charge in [-0.3, -0.25) is 10.0 Å². The van der Waals surface area contributed by atoms with E-state index in [-0.39, 0.29) is 0 Å². The van der Waals surface area contributed by atoms with E-state index < -0.39 is 5.91 Å². The van der Waals surface area contributed by atoms with Gasteiger partial charge in [0.1, 0.15) is 12.4 Å². The molecular weight excluding hydrogens is 426 g/mol. The van der Waals surface area contributed by atoms with Crippen molar-refractivity contribution in [1.82, 2.24) is 15.7 Å². The molecule has 0 aliphatic carbocycles. The molecule has 0 bridgehead atoms. The monoisotopic (exact) mass is 459 g/mol. The van der Waals surface area contributed by atoms with Crippen LogP contribution < -0.4 is 15.5 Å². The number of hydrogen-bond donors (Lipinski definition) is 3. The van der Waals surface area contributed by atoms with Gasteiger partial charge in [0.15, 0.2) is 0 Å². The van der Waals surface area contributed by atoms with Gasteiger partial charge in [-0.15, -0.1) is 0 Å². The molecule has 1 saturated heterocycles. The number of benzene rings is 3. The lowest BCUT2D eigenvalue weighted by atomic mass is 10.1. The lowest BCUT2D eigenvalue weighted by Gasteiger charge is -2.19. The van der Waals surface area contributed by atoms with Crippen molar-refractivity contribution in [2.24, 2.45) is 0 Å². The summed E-state index contributed by atoms with van der Waals surface area (Å²) in [4.78, 5) is 14.1. The molecule has 1 atom stereocenters. The molecule has 1 heterocycles. The lowest BCUT2D eigenvalue weighted by Crippen LogP contribution is -2.30. The number of rotatable bonds is 10. The summed E-state index contributed by atoms with van der Waals surface area (Å²) in [5.41, 5.74) is 4.17. The number of amides is 1. The Labute approximate surface area is 201 Å². The Hall–Kier alpha value is -3.19. The van der Waals surface area contributed by atoms with Crippen molar-refractivity contribution in [3.8, 4) is 5.75 Å². The molecule has 1 fully saturated rings. The summed E-state index contributed by atoms with van der Waals surface area (Å²) < 4.78 is 6.27. The summed E-state index contributed by atoms with van der Waals surface area (Å²) in [5.74, 6) is 0.347. The maximum absolute atomic E-state index is 11.6. The van der Waals surface area contributed by atoms with Crippen LogP contribution in [0.4, 0.5) is 0 Å². The van der Waals surface area contributed by atoms with E-state index in [0.29, 0.717) is 18.2 Å². The number of hydroxylamine groups is 1. The highest BCUT2D eigenvalue weighted by molar-refractivity contribution is 5.93. The standard InChI is InChI=1S/C28H33N3O3/c1-31-17-5-8-25(31)15-16-29-19-22(18-21-11-13-24(14-12-21)28(32)30-33)20-34-27-10-4-7-23-6-2-3-9-26(23)27/h2-4,6-7,9-14,18,25,29,33H,5,8,15-17,19-20H2,1H3,(H,30,32)/b22-18+. The number of nitrogens with one attached hydrogen (secondary N) is 2. The Morgan fingerprint density at radius 1 is 1.12 bits per heavy atom. The molecule has 1 amide bonds. The second-order valence-corrected chi connectivity index (χ2v) is 8.87. The van der Waals surface area contributed by atoms with Crippen molar-refractivity contribution in [2.75, 3.05) is 33.3 Å². The maximum atomic E-state index is 11.6. The highest BCUT2D eigenvalue weighted by Crippen LogP contribution is 2.25. The van der Waals surface area contributed by atoms with Crippen molar-refractivity contribution < 1.29 is 14.7 Å². The molecule has 0 spiro atoms. The molecule has 1 aliphatic rings. The van der Waals surface area contributed by atoms with E-state index in [1.807, 2.05) is 36.4 Å². The van der Waals surface area contributed by atoms with Crippen LogP contribution in [-0.2, 0) is 0 Å². The summed E-state index contributed by atoms with van der Waals surface area (Å²) in [6.45, 7) is 3.33. The van der Waals surface area contributed by atoms with Crippen molar-refractivity contribution in [3.63, 3.8) is 0 Å². The Balaban J connectivity index is 1.44. The van der Waals surface area contributed by atoms with E-state index >= 15 is 0 Å². The van der Waals surface area contributed by atoms with Crippen molar-refractivity contribution in [1.29, 1.82) is 0 Å². The third-order valence-corrected chi connectivity index (χ3v) is 6.49. The van der Waals surface area contributed by atoms with Crippen molar-refractivity contribution >= 4 is 22.8 Å². The zero-order valence-electron chi connectivity index (χ0n) is 19.7. The first-order valence-electron chi connectivity index (χ1n) is 11.9. The van der Waals surface area contributed by atoms with Gasteiger partial charge in [0.05, 0.1) is 0 Å². The molecule has 3 aromatic carbocycles. The predicted molar refractivity (Wildman–Crippen MR) is 136 cm³/mol. The van der Waals surface area contributed by atoms with Gasteiger partial charge >= 0.3 is 0 Å². The fourth-order valence-corrected chi connectivity index (χ4v) is 4.53. The van der Waals surface area contributed by atoms with E-state index in [2.05, 4.69) is 41.5 Å². The van der Waals surface area contributed by atoms with Crippen LogP contribution in [0.25, 0.3) is 16.8 Å². The molecule has 6 heteroatoms. The van der Waals surface area contributed by atoms with Gasteiger partial charge in [0.25, 0.3) is 5.91 Å². The second-order valence-electron chi connectivity index (χ2n) is 8.87. The molecule has 4 rings (SSSR count). The zero-order chi connectivity index (χ0) is 23.8. The molecule has 0 aromatic heterocycles. The zero-order valence-corrected chi connectivity index (χ0v) is 19.7. The van der Waals surface area contributed by atoms with Crippen LogP contribution in [0.5, 0.6) is 5.75 Å². The Morgan fingerprint density at radius 3 is 2.68 bits per heavy atom. The fraction of sp³-hybridized carbons (Fsp3) is 0.321. The smallest absolute Gasteiger partial charge is 0.274 e. The van der Waals surface area contributed by atoms with Gasteiger partial charge in [0.2, 0.25) is 0 Å². The average Bonchev–Trinajstić information content (AvgIpc) is 3.29. The van der Waals surface area contributed by atoms with Gasteiger partial charge in [-0.05, 0) is 74.1 Å². The number of hydrogen-bond acceptors (Lipinski definition) is 5. The van der Waals surface area contributed by atoms with Crippen LogP contribution >= 0.6 is 0 Å². The largest absolute Gasteiger partial charge is 0.489 e. The molecule has 0 saturated carbocycles. The highest BCUT2D eigenvalue weighted by Gasteiger charge is 2.19. The minimum atomic E-state index is -0.520. The number of nitrogens with zero attached hydrogens (tertiary/aromatic N) is 1. The molecule has 178 valence electrons. The number of fused-ring (bicyclic) bond motifs is 1.